The van der Waals surface area contributed by atoms with Gasteiger partial charge in [-0.05, 0) is 33.2 Å². The fourth-order valence-corrected chi connectivity index (χ4v) is 7.06. The molecule has 0 saturated carbocycles. The van der Waals surface area contributed by atoms with Crippen LogP contribution in [0.1, 0.15) is 49.0 Å². The van der Waals surface area contributed by atoms with Crippen molar-refractivity contribution in [1.82, 2.24) is 34.8 Å². The molecule has 0 radical (unpaired) electrons. The first-order chi connectivity index (χ1) is 22.8. The third kappa shape index (κ3) is 5.12. The second kappa shape index (κ2) is 11.5. The van der Waals surface area contributed by atoms with Crippen LogP contribution in [0.2, 0.25) is 0 Å². The molecular weight excluding hydrogens is 646 g/mol. The average molecular weight is 677 g/mol. The van der Waals surface area contributed by atoms with Crippen molar-refractivity contribution in [3.63, 3.8) is 0 Å². The predicted molar refractivity (Wildman–Crippen MR) is 161 cm³/mol. The molecule has 4 aromatic rings. The number of fused-ring (bicyclic) bond motifs is 1. The van der Waals surface area contributed by atoms with Gasteiger partial charge in [0.15, 0.2) is 17.5 Å². The first-order valence-electron chi connectivity index (χ1n) is 15.2. The highest BCUT2D eigenvalue weighted by Crippen LogP contribution is 2.46. The standard InChI is InChI=1S/C30H30F6N10O2/c1-13-17(30(34,35)36)22(41-24(37)18(13)32)23-19(33)21-16-26(44-28(43-21)48-12-29-4-3-7-45(29)11-15(31)10-29)46(8-9-47-27(16)42-23)14(2)20-25(38)40-6-5-39-20/h5-6,14-15H,3-4,7-12H2,1-2H3,(H2,37,41)(H2,38,40)/t14-,15-,29+/m1/s1. The summed E-state index contributed by atoms with van der Waals surface area (Å²) >= 11 is 0. The molecule has 254 valence electrons. The first-order valence-corrected chi connectivity index (χ1v) is 15.2. The van der Waals surface area contributed by atoms with Gasteiger partial charge in [-0.15, -0.1) is 0 Å². The summed E-state index contributed by atoms with van der Waals surface area (Å²) in [4.78, 5) is 28.8. The van der Waals surface area contributed by atoms with Gasteiger partial charge in [0.05, 0.1) is 23.7 Å². The van der Waals surface area contributed by atoms with E-state index in [-0.39, 0.29) is 61.6 Å². The van der Waals surface area contributed by atoms with Crippen molar-refractivity contribution in [1.29, 1.82) is 0 Å². The second-order valence-corrected chi connectivity index (χ2v) is 12.2. The Hall–Kier alpha value is -4.74. The summed E-state index contributed by atoms with van der Waals surface area (Å²) in [6, 6.07) is -0.931. The molecule has 18 heteroatoms. The lowest BCUT2D eigenvalue weighted by molar-refractivity contribution is -0.137. The van der Waals surface area contributed by atoms with Gasteiger partial charge in [0.1, 0.15) is 59.0 Å². The molecule has 2 saturated heterocycles. The molecular formula is C30H30F6N10O2. The lowest BCUT2D eigenvalue weighted by Gasteiger charge is -2.31. The molecule has 0 aromatic carbocycles. The fraction of sp³-hybridized carbons (Fsp3) is 0.467. The molecule has 0 bridgehead atoms. The Morgan fingerprint density at radius 1 is 1.04 bits per heavy atom. The van der Waals surface area contributed by atoms with Gasteiger partial charge in [0.25, 0.3) is 0 Å². The molecule has 0 amide bonds. The minimum Gasteiger partial charge on any atom is -0.475 e. The van der Waals surface area contributed by atoms with E-state index in [4.69, 9.17) is 20.9 Å². The number of anilines is 3. The van der Waals surface area contributed by atoms with Gasteiger partial charge in [-0.2, -0.15) is 23.1 Å². The van der Waals surface area contributed by atoms with Crippen LogP contribution in [0.25, 0.3) is 22.3 Å². The molecule has 48 heavy (non-hydrogen) atoms. The van der Waals surface area contributed by atoms with Crippen molar-refractivity contribution in [3.8, 4) is 23.3 Å². The predicted octanol–water partition coefficient (Wildman–Crippen LogP) is 4.56. The highest BCUT2D eigenvalue weighted by atomic mass is 19.4. The van der Waals surface area contributed by atoms with Gasteiger partial charge in [-0.1, -0.05) is 0 Å². The van der Waals surface area contributed by atoms with E-state index in [2.05, 4.69) is 29.9 Å². The van der Waals surface area contributed by atoms with Crippen LogP contribution in [-0.4, -0.2) is 79.4 Å². The van der Waals surface area contributed by atoms with E-state index in [1.807, 2.05) is 4.90 Å². The number of nitrogens with two attached hydrogens (primary N) is 2. The van der Waals surface area contributed by atoms with Crippen LogP contribution >= 0.6 is 0 Å². The summed E-state index contributed by atoms with van der Waals surface area (Å²) in [6.45, 7) is 3.61. The minimum absolute atomic E-state index is 0.0125. The number of nitrogens with zero attached hydrogens (tertiary/aromatic N) is 8. The SMILES string of the molecule is Cc1c(F)c(N)nc(-c2nc3c4c(nc(OC[C@@]56CCCN5C[C@H](F)C6)nc4c2F)N([C@H](C)c2nccnc2N)CCO3)c1C(F)(F)F. The summed E-state index contributed by atoms with van der Waals surface area (Å²) in [7, 11) is 0. The Kier molecular flexibility index (Phi) is 7.60. The zero-order valence-electron chi connectivity index (χ0n) is 25.8. The normalized spacial score (nSPS) is 21.7. The van der Waals surface area contributed by atoms with Crippen LogP contribution in [-0.2, 0) is 6.18 Å². The van der Waals surface area contributed by atoms with Crippen LogP contribution in [0.4, 0.5) is 43.8 Å². The number of ether oxygens (including phenoxy) is 2. The van der Waals surface area contributed by atoms with Crippen LogP contribution in [0.3, 0.4) is 0 Å². The molecule has 0 aliphatic carbocycles. The topological polar surface area (TPSA) is 154 Å². The van der Waals surface area contributed by atoms with Gasteiger partial charge in [-0.3, -0.25) is 9.88 Å². The molecule has 3 aliphatic rings. The Bertz CT molecular complexity index is 1930. The van der Waals surface area contributed by atoms with E-state index < -0.39 is 69.4 Å². The Balaban J connectivity index is 1.44. The first kappa shape index (κ1) is 31.8. The maximum atomic E-state index is 16.7. The van der Waals surface area contributed by atoms with Crippen molar-refractivity contribution in [2.75, 3.05) is 49.2 Å². The summed E-state index contributed by atoms with van der Waals surface area (Å²) in [5.41, 5.74) is 6.63. The van der Waals surface area contributed by atoms with Gasteiger partial charge >= 0.3 is 12.2 Å². The van der Waals surface area contributed by atoms with Crippen LogP contribution in [0.5, 0.6) is 11.9 Å². The van der Waals surface area contributed by atoms with Gasteiger partial charge in [0, 0.05) is 30.9 Å². The zero-order valence-corrected chi connectivity index (χ0v) is 25.8. The van der Waals surface area contributed by atoms with Gasteiger partial charge < -0.3 is 25.8 Å². The lowest BCUT2D eigenvalue weighted by Crippen LogP contribution is -2.43. The molecule has 2 fully saturated rings. The summed E-state index contributed by atoms with van der Waals surface area (Å²) < 4.78 is 101. The quantitative estimate of drug-likeness (QED) is 0.275. The lowest BCUT2D eigenvalue weighted by atomic mass is 9.95. The molecule has 7 heterocycles. The largest absolute Gasteiger partial charge is 0.475 e. The van der Waals surface area contributed by atoms with Crippen molar-refractivity contribution in [2.45, 2.75) is 57.0 Å². The maximum absolute atomic E-state index is 16.7. The Morgan fingerprint density at radius 3 is 2.56 bits per heavy atom. The summed E-state index contributed by atoms with van der Waals surface area (Å²) in [5, 5.41) is -0.0684. The molecule has 4 N–H and O–H groups in total. The molecule has 4 aromatic heterocycles. The van der Waals surface area contributed by atoms with Crippen molar-refractivity contribution in [3.05, 3.63) is 40.8 Å². The van der Waals surface area contributed by atoms with Crippen LogP contribution in [0, 0.1) is 18.6 Å². The number of pyridine rings is 2. The monoisotopic (exact) mass is 676 g/mol. The molecule has 12 nitrogen and oxygen atoms in total. The number of nitrogen functional groups attached to an aromatic ring is 2. The van der Waals surface area contributed by atoms with Crippen LogP contribution in [0.15, 0.2) is 12.4 Å². The minimum atomic E-state index is -5.16. The van der Waals surface area contributed by atoms with Crippen molar-refractivity contribution >= 4 is 28.4 Å². The average Bonchev–Trinajstić information content (AvgIpc) is 3.49. The van der Waals surface area contributed by atoms with Crippen molar-refractivity contribution in [2.24, 2.45) is 0 Å². The Morgan fingerprint density at radius 2 is 1.81 bits per heavy atom. The van der Waals surface area contributed by atoms with Crippen molar-refractivity contribution < 1.29 is 35.8 Å². The number of rotatable bonds is 6. The number of hydrogen-bond acceptors (Lipinski definition) is 12. The van der Waals surface area contributed by atoms with E-state index >= 15 is 4.39 Å². The van der Waals surface area contributed by atoms with Crippen LogP contribution < -0.4 is 25.8 Å². The number of alkyl halides is 4. The van der Waals surface area contributed by atoms with E-state index in [1.165, 1.54) is 12.4 Å². The fourth-order valence-electron chi connectivity index (χ4n) is 7.06. The third-order valence-corrected chi connectivity index (χ3v) is 9.31. The van der Waals surface area contributed by atoms with E-state index in [9.17, 15) is 22.0 Å². The zero-order chi connectivity index (χ0) is 34.1. The molecule has 7 rings (SSSR count). The number of halogens is 6. The number of aromatic nitrogens is 6. The van der Waals surface area contributed by atoms with E-state index in [1.54, 1.807) is 11.8 Å². The third-order valence-electron chi connectivity index (χ3n) is 9.31. The van der Waals surface area contributed by atoms with Gasteiger partial charge in [0.2, 0.25) is 5.88 Å². The molecule has 0 spiro atoms. The molecule has 3 atom stereocenters. The number of hydrogen-bond donors (Lipinski definition) is 2. The van der Waals surface area contributed by atoms with E-state index in [0.29, 0.717) is 18.7 Å². The Labute approximate surface area is 269 Å². The molecule has 0 unspecified atom stereocenters. The smallest absolute Gasteiger partial charge is 0.418 e. The second-order valence-electron chi connectivity index (χ2n) is 12.2. The van der Waals surface area contributed by atoms with Gasteiger partial charge in [-0.25, -0.2) is 28.1 Å². The summed E-state index contributed by atoms with van der Waals surface area (Å²) in [6.07, 6.45) is -1.58. The highest BCUT2D eigenvalue weighted by molar-refractivity contribution is 5.97. The maximum Gasteiger partial charge on any atom is 0.418 e. The molecule has 3 aliphatic heterocycles. The van der Waals surface area contributed by atoms with E-state index in [0.717, 1.165) is 13.3 Å². The highest BCUT2D eigenvalue weighted by Gasteiger charge is 2.49. The summed E-state index contributed by atoms with van der Waals surface area (Å²) in [5.74, 6) is -3.68.